The second-order valence-electron chi connectivity index (χ2n) is 13.4. The van der Waals surface area contributed by atoms with Gasteiger partial charge in [0.15, 0.2) is 0 Å². The number of hydrogen-bond acceptors (Lipinski definition) is 2. The summed E-state index contributed by atoms with van der Waals surface area (Å²) in [6.07, 6.45) is 0. The van der Waals surface area contributed by atoms with E-state index in [0.29, 0.717) is 0 Å². The van der Waals surface area contributed by atoms with Crippen LogP contribution in [0.4, 0.5) is 17.1 Å². The van der Waals surface area contributed by atoms with Gasteiger partial charge < -0.3 is 9.32 Å². The van der Waals surface area contributed by atoms with E-state index in [1.165, 1.54) is 43.4 Å². The van der Waals surface area contributed by atoms with E-state index in [4.69, 9.17) is 4.42 Å². The summed E-state index contributed by atoms with van der Waals surface area (Å²) in [5.74, 6) is 0.876. The van der Waals surface area contributed by atoms with Crippen molar-refractivity contribution < 1.29 is 4.42 Å². The summed E-state index contributed by atoms with van der Waals surface area (Å²) in [5.41, 5.74) is 10.0. The molecule has 0 fully saturated rings. The summed E-state index contributed by atoms with van der Waals surface area (Å²) in [6.45, 7) is 0. The highest BCUT2D eigenvalue weighted by Crippen LogP contribution is 2.43. The molecular formula is C50H33NO. The second-order valence-corrected chi connectivity index (χ2v) is 13.4. The van der Waals surface area contributed by atoms with Crippen LogP contribution in [0.5, 0.6) is 0 Å². The predicted octanol–water partition coefficient (Wildman–Crippen LogP) is 14.4. The Kier molecular flexibility index (Phi) is 7.18. The lowest BCUT2D eigenvalue weighted by Gasteiger charge is -2.28. The Balaban J connectivity index is 1.08. The largest absolute Gasteiger partial charge is 0.456 e. The number of anilines is 3. The topological polar surface area (TPSA) is 16.4 Å². The zero-order chi connectivity index (χ0) is 34.4. The van der Waals surface area contributed by atoms with Gasteiger partial charge in [-0.3, -0.25) is 0 Å². The van der Waals surface area contributed by atoms with Crippen LogP contribution in [0.3, 0.4) is 0 Å². The zero-order valence-electron chi connectivity index (χ0n) is 28.4. The first-order valence-corrected chi connectivity index (χ1v) is 17.7. The van der Waals surface area contributed by atoms with E-state index in [-0.39, 0.29) is 0 Å². The standard InChI is InChI=1S/C50H33NO/c1-2-11-37-30-39(21-20-34(37)10-1)36-24-28-44(29-25-36)51(48-32-40-12-3-5-16-45(40)46-17-6-7-18-47(46)48)43-26-22-35(23-27-43)38-14-9-15-41(31-38)50-33-42-13-4-8-19-49(42)52-50/h1-33H. The molecule has 0 spiro atoms. The van der Waals surface area contributed by atoms with Gasteiger partial charge in [-0.15, -0.1) is 0 Å². The Hall–Kier alpha value is -6.90. The molecule has 0 radical (unpaired) electrons. The number of furan rings is 1. The molecule has 0 unspecified atom stereocenters. The van der Waals surface area contributed by atoms with E-state index in [1.54, 1.807) is 0 Å². The van der Waals surface area contributed by atoms with Gasteiger partial charge in [-0.2, -0.15) is 0 Å². The maximum absolute atomic E-state index is 6.21. The molecule has 10 aromatic rings. The number of nitrogens with zero attached hydrogens (tertiary/aromatic N) is 1. The number of rotatable bonds is 6. The Morgan fingerprint density at radius 1 is 0.308 bits per heavy atom. The van der Waals surface area contributed by atoms with E-state index in [2.05, 4.69) is 187 Å². The third kappa shape index (κ3) is 5.30. The first kappa shape index (κ1) is 30.0. The van der Waals surface area contributed by atoms with E-state index in [1.807, 2.05) is 18.2 Å². The van der Waals surface area contributed by atoms with Crippen LogP contribution in [-0.4, -0.2) is 0 Å². The highest BCUT2D eigenvalue weighted by Gasteiger charge is 2.18. The van der Waals surface area contributed by atoms with Crippen molar-refractivity contribution in [3.05, 3.63) is 200 Å². The number of para-hydroxylation sites is 1. The van der Waals surface area contributed by atoms with Crippen LogP contribution < -0.4 is 4.90 Å². The number of hydrogen-bond donors (Lipinski definition) is 0. The molecule has 0 aliphatic rings. The molecule has 1 heterocycles. The minimum atomic E-state index is 0.876. The number of fused-ring (bicyclic) bond motifs is 5. The third-order valence-electron chi connectivity index (χ3n) is 10.2. The molecule has 2 nitrogen and oxygen atoms in total. The fourth-order valence-electron chi connectivity index (χ4n) is 7.60. The Labute approximate surface area is 302 Å². The van der Waals surface area contributed by atoms with Gasteiger partial charge in [0, 0.05) is 27.7 Å². The Morgan fingerprint density at radius 3 is 1.60 bits per heavy atom. The highest BCUT2D eigenvalue weighted by atomic mass is 16.3. The lowest BCUT2D eigenvalue weighted by atomic mass is 9.98. The lowest BCUT2D eigenvalue weighted by molar-refractivity contribution is 0.631. The molecule has 52 heavy (non-hydrogen) atoms. The molecule has 0 bridgehead atoms. The zero-order valence-corrected chi connectivity index (χ0v) is 28.4. The monoisotopic (exact) mass is 663 g/mol. The van der Waals surface area contributed by atoms with Crippen LogP contribution >= 0.6 is 0 Å². The molecule has 0 aliphatic carbocycles. The number of benzene rings is 9. The van der Waals surface area contributed by atoms with Crippen molar-refractivity contribution in [2.24, 2.45) is 0 Å². The predicted molar refractivity (Wildman–Crippen MR) is 220 cm³/mol. The van der Waals surface area contributed by atoms with Crippen molar-refractivity contribution in [1.29, 1.82) is 0 Å². The first-order chi connectivity index (χ1) is 25.7. The summed E-state index contributed by atoms with van der Waals surface area (Å²) in [5, 5.41) is 8.54. The van der Waals surface area contributed by atoms with Crippen LogP contribution in [0, 0.1) is 0 Å². The minimum absolute atomic E-state index is 0.876. The van der Waals surface area contributed by atoms with Crippen LogP contribution in [0.15, 0.2) is 205 Å². The molecule has 0 saturated carbocycles. The molecule has 0 atom stereocenters. The minimum Gasteiger partial charge on any atom is -0.456 e. The maximum atomic E-state index is 6.21. The van der Waals surface area contributed by atoms with Gasteiger partial charge in [-0.1, -0.05) is 146 Å². The fourth-order valence-corrected chi connectivity index (χ4v) is 7.60. The fraction of sp³-hybridized carbons (Fsp3) is 0. The van der Waals surface area contributed by atoms with Gasteiger partial charge in [0.05, 0.1) is 5.69 Å². The van der Waals surface area contributed by atoms with E-state index < -0.39 is 0 Å². The van der Waals surface area contributed by atoms with Gasteiger partial charge in [-0.25, -0.2) is 0 Å². The van der Waals surface area contributed by atoms with Crippen molar-refractivity contribution in [3.63, 3.8) is 0 Å². The molecule has 0 N–H and O–H groups in total. The van der Waals surface area contributed by atoms with Crippen molar-refractivity contribution >= 4 is 60.3 Å². The third-order valence-corrected chi connectivity index (χ3v) is 10.2. The summed E-state index contributed by atoms with van der Waals surface area (Å²) < 4.78 is 6.21. The van der Waals surface area contributed by atoms with Gasteiger partial charge in [-0.05, 0) is 104 Å². The Morgan fingerprint density at radius 2 is 0.865 bits per heavy atom. The van der Waals surface area contributed by atoms with Gasteiger partial charge in [0.1, 0.15) is 11.3 Å². The average molecular weight is 664 g/mol. The van der Waals surface area contributed by atoms with Crippen LogP contribution in [0.2, 0.25) is 0 Å². The second kappa shape index (κ2) is 12.5. The normalized spacial score (nSPS) is 11.5. The SMILES string of the molecule is c1cc(-c2ccc(N(c3ccc(-c4ccc5ccccc5c4)cc3)c3cc4ccccc4c4ccccc34)cc2)cc(-c2cc3ccccc3o2)c1. The van der Waals surface area contributed by atoms with Crippen molar-refractivity contribution in [1.82, 2.24) is 0 Å². The van der Waals surface area contributed by atoms with Crippen LogP contribution in [-0.2, 0) is 0 Å². The molecule has 0 saturated heterocycles. The molecule has 2 heteroatoms. The summed E-state index contributed by atoms with van der Waals surface area (Å²) >= 11 is 0. The average Bonchev–Trinajstić information content (AvgIpc) is 3.66. The molecule has 0 amide bonds. The molecule has 9 aromatic carbocycles. The van der Waals surface area contributed by atoms with Crippen molar-refractivity contribution in [2.75, 3.05) is 4.90 Å². The molecular weight excluding hydrogens is 631 g/mol. The van der Waals surface area contributed by atoms with Crippen LogP contribution in [0.25, 0.3) is 76.9 Å². The van der Waals surface area contributed by atoms with Gasteiger partial charge in [0.2, 0.25) is 0 Å². The van der Waals surface area contributed by atoms with E-state index in [0.717, 1.165) is 50.5 Å². The van der Waals surface area contributed by atoms with Gasteiger partial charge in [0.25, 0.3) is 0 Å². The molecule has 1 aromatic heterocycles. The molecule has 244 valence electrons. The van der Waals surface area contributed by atoms with Crippen LogP contribution in [0.1, 0.15) is 0 Å². The Bertz CT molecular complexity index is 2870. The quantitative estimate of drug-likeness (QED) is 0.165. The van der Waals surface area contributed by atoms with Gasteiger partial charge >= 0.3 is 0 Å². The smallest absolute Gasteiger partial charge is 0.135 e. The summed E-state index contributed by atoms with van der Waals surface area (Å²) in [4.78, 5) is 2.40. The first-order valence-electron chi connectivity index (χ1n) is 17.7. The summed E-state index contributed by atoms with van der Waals surface area (Å²) in [6, 6.07) is 71.8. The lowest BCUT2D eigenvalue weighted by Crippen LogP contribution is -2.10. The van der Waals surface area contributed by atoms with E-state index in [9.17, 15) is 0 Å². The van der Waals surface area contributed by atoms with Crippen molar-refractivity contribution in [3.8, 4) is 33.6 Å². The van der Waals surface area contributed by atoms with Crippen molar-refractivity contribution in [2.45, 2.75) is 0 Å². The van der Waals surface area contributed by atoms with E-state index >= 15 is 0 Å². The molecule has 10 rings (SSSR count). The molecule has 0 aliphatic heterocycles. The maximum Gasteiger partial charge on any atom is 0.135 e. The highest BCUT2D eigenvalue weighted by molar-refractivity contribution is 6.14. The summed E-state index contributed by atoms with van der Waals surface area (Å²) in [7, 11) is 0.